The molecule has 0 aliphatic carbocycles. The van der Waals surface area contributed by atoms with Gasteiger partial charge in [0.25, 0.3) is 0 Å². The number of hydrogen-bond acceptors (Lipinski definition) is 4. The number of benzene rings is 2. The fourth-order valence-electron chi connectivity index (χ4n) is 3.70. The zero-order valence-corrected chi connectivity index (χ0v) is 16.7. The Bertz CT molecular complexity index is 810. The molecule has 1 aliphatic heterocycles. The summed E-state index contributed by atoms with van der Waals surface area (Å²) in [5.74, 6) is 1.18. The minimum absolute atomic E-state index is 0.0525. The number of carbonyl (C=O) groups is 1. The van der Waals surface area contributed by atoms with Crippen LogP contribution in [0.5, 0.6) is 11.5 Å². The first kappa shape index (κ1) is 20.1. The minimum atomic E-state index is -0.271. The number of hydrogen-bond donors (Lipinski definition) is 0. The SMILES string of the molecule is COc1ccc(C2CCCN2CC(=O)N(C)Cc2ccc(F)cc2)cc1OC. The highest BCUT2D eigenvalue weighted by Crippen LogP contribution is 2.36. The molecule has 150 valence electrons. The van der Waals surface area contributed by atoms with Crippen LogP contribution in [-0.2, 0) is 11.3 Å². The lowest BCUT2D eigenvalue weighted by Crippen LogP contribution is -2.37. The summed E-state index contributed by atoms with van der Waals surface area (Å²) in [6.07, 6.45) is 2.05. The molecule has 6 heteroatoms. The lowest BCUT2D eigenvalue weighted by atomic mass is 10.0. The van der Waals surface area contributed by atoms with Gasteiger partial charge in [0.15, 0.2) is 11.5 Å². The van der Waals surface area contributed by atoms with Gasteiger partial charge in [0.05, 0.1) is 20.8 Å². The fourth-order valence-corrected chi connectivity index (χ4v) is 3.70. The Hall–Kier alpha value is -2.60. The molecule has 0 aromatic heterocycles. The third kappa shape index (κ3) is 4.62. The average Bonchev–Trinajstić information content (AvgIpc) is 3.17. The Labute approximate surface area is 165 Å². The summed E-state index contributed by atoms with van der Waals surface area (Å²) >= 11 is 0. The number of amides is 1. The molecule has 0 N–H and O–H groups in total. The first-order valence-corrected chi connectivity index (χ1v) is 9.46. The van der Waals surface area contributed by atoms with Gasteiger partial charge in [-0.15, -0.1) is 0 Å². The van der Waals surface area contributed by atoms with Crippen molar-refractivity contribution < 1.29 is 18.7 Å². The van der Waals surface area contributed by atoms with E-state index in [1.54, 1.807) is 38.3 Å². The van der Waals surface area contributed by atoms with Gasteiger partial charge in [0.1, 0.15) is 5.82 Å². The van der Waals surface area contributed by atoms with Gasteiger partial charge in [-0.3, -0.25) is 9.69 Å². The molecule has 0 saturated carbocycles. The highest BCUT2D eigenvalue weighted by atomic mass is 19.1. The van der Waals surface area contributed by atoms with E-state index in [9.17, 15) is 9.18 Å². The fraction of sp³-hybridized carbons (Fsp3) is 0.409. The van der Waals surface area contributed by atoms with Crippen molar-refractivity contribution in [2.24, 2.45) is 0 Å². The summed E-state index contributed by atoms with van der Waals surface area (Å²) in [5, 5.41) is 0. The monoisotopic (exact) mass is 386 g/mol. The lowest BCUT2D eigenvalue weighted by Gasteiger charge is -2.27. The number of methoxy groups -OCH3 is 2. The van der Waals surface area contributed by atoms with Crippen LogP contribution in [-0.4, -0.2) is 50.1 Å². The normalized spacial score (nSPS) is 16.8. The van der Waals surface area contributed by atoms with Gasteiger partial charge in [-0.1, -0.05) is 18.2 Å². The Morgan fingerprint density at radius 2 is 1.86 bits per heavy atom. The predicted octanol–water partition coefficient (Wildman–Crippen LogP) is 3.64. The van der Waals surface area contributed by atoms with Crippen LogP contribution < -0.4 is 9.47 Å². The molecule has 1 aliphatic rings. The van der Waals surface area contributed by atoms with E-state index >= 15 is 0 Å². The number of nitrogens with zero attached hydrogens (tertiary/aromatic N) is 2. The van der Waals surface area contributed by atoms with E-state index in [0.717, 1.165) is 30.5 Å². The first-order valence-electron chi connectivity index (χ1n) is 9.46. The van der Waals surface area contributed by atoms with E-state index in [-0.39, 0.29) is 17.8 Å². The van der Waals surface area contributed by atoms with Crippen LogP contribution in [0.1, 0.15) is 30.0 Å². The molecule has 3 rings (SSSR count). The highest BCUT2D eigenvalue weighted by Gasteiger charge is 2.29. The van der Waals surface area contributed by atoms with Crippen molar-refractivity contribution in [3.8, 4) is 11.5 Å². The van der Waals surface area contributed by atoms with Crippen molar-refractivity contribution in [1.29, 1.82) is 0 Å². The van der Waals surface area contributed by atoms with E-state index in [4.69, 9.17) is 9.47 Å². The van der Waals surface area contributed by atoms with E-state index in [2.05, 4.69) is 4.90 Å². The van der Waals surface area contributed by atoms with E-state index < -0.39 is 0 Å². The summed E-state index contributed by atoms with van der Waals surface area (Å²) in [6, 6.07) is 12.4. The maximum absolute atomic E-state index is 13.1. The molecule has 2 aromatic rings. The summed E-state index contributed by atoms with van der Waals surface area (Å²) in [7, 11) is 5.03. The van der Waals surface area contributed by atoms with Crippen LogP contribution in [0, 0.1) is 5.82 Å². The molecule has 5 nitrogen and oxygen atoms in total. The van der Waals surface area contributed by atoms with Gasteiger partial charge in [-0.25, -0.2) is 4.39 Å². The van der Waals surface area contributed by atoms with E-state index in [1.807, 2.05) is 18.2 Å². The number of rotatable bonds is 7. The molecule has 0 bridgehead atoms. The molecule has 28 heavy (non-hydrogen) atoms. The van der Waals surface area contributed by atoms with Crippen molar-refractivity contribution >= 4 is 5.91 Å². The van der Waals surface area contributed by atoms with Gasteiger partial charge in [0.2, 0.25) is 5.91 Å². The summed E-state index contributed by atoms with van der Waals surface area (Å²) in [5.41, 5.74) is 2.04. The Balaban J connectivity index is 1.65. The molecule has 1 unspecified atom stereocenters. The van der Waals surface area contributed by atoms with Crippen molar-refractivity contribution in [2.45, 2.75) is 25.4 Å². The Morgan fingerprint density at radius 3 is 2.54 bits per heavy atom. The number of likely N-dealkylation sites (tertiary alicyclic amines) is 1. The van der Waals surface area contributed by atoms with Crippen molar-refractivity contribution in [3.05, 3.63) is 59.4 Å². The molecule has 0 radical (unpaired) electrons. The molecule has 1 heterocycles. The topological polar surface area (TPSA) is 42.0 Å². The van der Waals surface area contributed by atoms with Crippen LogP contribution in [0.25, 0.3) is 0 Å². The summed E-state index contributed by atoms with van der Waals surface area (Å²) in [4.78, 5) is 16.6. The molecule has 1 amide bonds. The van der Waals surface area contributed by atoms with Gasteiger partial charge >= 0.3 is 0 Å². The quantitative estimate of drug-likeness (QED) is 0.729. The standard InChI is InChI=1S/C22H27FN2O3/c1-24(14-16-6-9-18(23)10-7-16)22(26)15-25-12-4-5-19(25)17-8-11-20(27-2)21(13-17)28-3/h6-11,13,19H,4-5,12,14-15H2,1-3H3. The van der Waals surface area contributed by atoms with Crippen LogP contribution >= 0.6 is 0 Å². The smallest absolute Gasteiger partial charge is 0.236 e. The van der Waals surface area contributed by atoms with Gasteiger partial charge in [0, 0.05) is 19.6 Å². The minimum Gasteiger partial charge on any atom is -0.493 e. The second kappa shape index (κ2) is 9.06. The van der Waals surface area contributed by atoms with Crippen molar-refractivity contribution in [2.75, 3.05) is 34.4 Å². The third-order valence-electron chi connectivity index (χ3n) is 5.25. The largest absolute Gasteiger partial charge is 0.493 e. The zero-order chi connectivity index (χ0) is 20.1. The summed E-state index contributed by atoms with van der Waals surface area (Å²) < 4.78 is 23.8. The lowest BCUT2D eigenvalue weighted by molar-refractivity contribution is -0.131. The van der Waals surface area contributed by atoms with E-state index in [0.29, 0.717) is 24.6 Å². The van der Waals surface area contributed by atoms with Crippen LogP contribution in [0.2, 0.25) is 0 Å². The number of carbonyl (C=O) groups excluding carboxylic acids is 1. The Morgan fingerprint density at radius 1 is 1.14 bits per heavy atom. The number of halogens is 1. The summed E-state index contributed by atoms with van der Waals surface area (Å²) in [6.45, 7) is 1.71. The number of ether oxygens (including phenoxy) is 2. The molecule has 1 saturated heterocycles. The van der Waals surface area contributed by atoms with Gasteiger partial charge in [-0.05, 0) is 54.8 Å². The molecule has 0 spiro atoms. The molecule has 1 fully saturated rings. The second-order valence-electron chi connectivity index (χ2n) is 7.12. The van der Waals surface area contributed by atoms with Gasteiger partial charge in [-0.2, -0.15) is 0 Å². The third-order valence-corrected chi connectivity index (χ3v) is 5.25. The van der Waals surface area contributed by atoms with Crippen LogP contribution in [0.15, 0.2) is 42.5 Å². The van der Waals surface area contributed by atoms with Crippen molar-refractivity contribution in [3.63, 3.8) is 0 Å². The molecular weight excluding hydrogens is 359 g/mol. The molecule has 2 aromatic carbocycles. The van der Waals surface area contributed by atoms with E-state index in [1.165, 1.54) is 12.1 Å². The molecular formula is C22H27FN2O3. The van der Waals surface area contributed by atoms with Gasteiger partial charge < -0.3 is 14.4 Å². The highest BCUT2D eigenvalue weighted by molar-refractivity contribution is 5.78. The predicted molar refractivity (Wildman–Crippen MR) is 106 cm³/mol. The second-order valence-corrected chi connectivity index (χ2v) is 7.12. The van der Waals surface area contributed by atoms with Crippen LogP contribution in [0.3, 0.4) is 0 Å². The number of likely N-dealkylation sites (N-methyl/N-ethyl adjacent to an activating group) is 1. The average molecular weight is 386 g/mol. The Kier molecular flexibility index (Phi) is 6.52. The van der Waals surface area contributed by atoms with Crippen molar-refractivity contribution in [1.82, 2.24) is 9.80 Å². The molecule has 1 atom stereocenters. The first-order chi connectivity index (χ1) is 13.5. The van der Waals surface area contributed by atoms with Crippen LogP contribution in [0.4, 0.5) is 4.39 Å². The zero-order valence-electron chi connectivity index (χ0n) is 16.7. The maximum atomic E-state index is 13.1. The maximum Gasteiger partial charge on any atom is 0.236 e.